The average molecular weight is 400 g/mol. The minimum atomic E-state index is -0.257. The third kappa shape index (κ3) is 4.37. The van der Waals surface area contributed by atoms with Crippen molar-refractivity contribution in [1.29, 1.82) is 0 Å². The maximum Gasteiger partial charge on any atom is 0.305 e. The van der Waals surface area contributed by atoms with Gasteiger partial charge in [-0.3, -0.25) is 9.59 Å². The number of pyridine rings is 1. The van der Waals surface area contributed by atoms with Crippen molar-refractivity contribution in [2.75, 3.05) is 13.7 Å². The molecule has 6 heteroatoms. The van der Waals surface area contributed by atoms with Crippen molar-refractivity contribution >= 4 is 28.5 Å². The van der Waals surface area contributed by atoms with Crippen molar-refractivity contribution in [3.05, 3.63) is 63.9 Å². The highest BCUT2D eigenvalue weighted by atomic mass is 35.5. The van der Waals surface area contributed by atoms with E-state index < -0.39 is 0 Å². The lowest BCUT2D eigenvalue weighted by molar-refractivity contribution is -0.143. The molecule has 1 aromatic heterocycles. The zero-order chi connectivity index (χ0) is 20.1. The van der Waals surface area contributed by atoms with Crippen LogP contribution in [0.4, 0.5) is 0 Å². The number of aromatic nitrogens is 1. The maximum atomic E-state index is 12.5. The van der Waals surface area contributed by atoms with Crippen LogP contribution >= 0.6 is 11.6 Å². The first-order valence-electron chi connectivity index (χ1n) is 9.16. The number of fused-ring (bicyclic) bond motifs is 1. The standard InChI is InChI=1S/C22H22ClNO4/c1-3-28-22(26)5-4-12-24-20-14-16(23)13-19(18(20)10-11-21(24)25)15-6-8-17(27-2)9-7-15/h6-11,13-14H,3-5,12H2,1-2H3. The van der Waals surface area contributed by atoms with E-state index in [-0.39, 0.29) is 17.9 Å². The van der Waals surface area contributed by atoms with Gasteiger partial charge < -0.3 is 14.0 Å². The summed E-state index contributed by atoms with van der Waals surface area (Å²) in [5.74, 6) is 0.513. The molecule has 0 spiro atoms. The highest BCUT2D eigenvalue weighted by Gasteiger charge is 2.11. The monoisotopic (exact) mass is 399 g/mol. The van der Waals surface area contributed by atoms with Crippen LogP contribution in [0.3, 0.4) is 0 Å². The van der Waals surface area contributed by atoms with E-state index in [0.29, 0.717) is 24.6 Å². The SMILES string of the molecule is CCOC(=O)CCCn1c(=O)ccc2c(-c3ccc(OC)cc3)cc(Cl)cc21. The van der Waals surface area contributed by atoms with Crippen molar-refractivity contribution < 1.29 is 14.3 Å². The van der Waals surface area contributed by atoms with Crippen LogP contribution in [-0.4, -0.2) is 24.3 Å². The number of halogens is 1. The number of nitrogens with zero attached hydrogens (tertiary/aromatic N) is 1. The van der Waals surface area contributed by atoms with E-state index in [0.717, 1.165) is 27.8 Å². The summed E-state index contributed by atoms with van der Waals surface area (Å²) in [4.78, 5) is 24.1. The Morgan fingerprint density at radius 1 is 1.11 bits per heavy atom. The molecule has 0 N–H and O–H groups in total. The van der Waals surface area contributed by atoms with Gasteiger partial charge in [0.15, 0.2) is 0 Å². The largest absolute Gasteiger partial charge is 0.497 e. The molecule has 2 aromatic carbocycles. The molecule has 0 amide bonds. The van der Waals surface area contributed by atoms with Gasteiger partial charge in [0.2, 0.25) is 0 Å². The van der Waals surface area contributed by atoms with Gasteiger partial charge in [-0.05, 0) is 54.8 Å². The molecule has 0 saturated heterocycles. The number of carbonyl (C=O) groups excluding carboxylic acids is 1. The van der Waals surface area contributed by atoms with E-state index in [1.165, 1.54) is 0 Å². The minimum absolute atomic E-state index is 0.126. The molecule has 3 aromatic rings. The Bertz CT molecular complexity index is 1040. The second kappa shape index (κ2) is 8.93. The van der Waals surface area contributed by atoms with Crippen molar-refractivity contribution in [2.45, 2.75) is 26.3 Å². The highest BCUT2D eigenvalue weighted by Crippen LogP contribution is 2.32. The molecule has 0 saturated carbocycles. The van der Waals surface area contributed by atoms with Gasteiger partial charge in [-0.2, -0.15) is 0 Å². The zero-order valence-corrected chi connectivity index (χ0v) is 16.7. The lowest BCUT2D eigenvalue weighted by Crippen LogP contribution is -2.20. The van der Waals surface area contributed by atoms with Gasteiger partial charge in [-0.15, -0.1) is 0 Å². The second-order valence-electron chi connectivity index (χ2n) is 6.35. The first-order chi connectivity index (χ1) is 13.5. The van der Waals surface area contributed by atoms with Gasteiger partial charge in [0.25, 0.3) is 5.56 Å². The van der Waals surface area contributed by atoms with Crippen LogP contribution in [0, 0.1) is 0 Å². The number of esters is 1. The molecular weight excluding hydrogens is 378 g/mol. The predicted octanol–water partition coefficient (Wildman–Crippen LogP) is 4.67. The summed E-state index contributed by atoms with van der Waals surface area (Å²) >= 11 is 6.37. The molecule has 0 aliphatic rings. The molecule has 5 nitrogen and oxygen atoms in total. The van der Waals surface area contributed by atoms with E-state index in [4.69, 9.17) is 21.1 Å². The number of carbonyl (C=O) groups is 1. The van der Waals surface area contributed by atoms with Gasteiger partial charge >= 0.3 is 5.97 Å². The van der Waals surface area contributed by atoms with Gasteiger partial charge in [-0.25, -0.2) is 0 Å². The Morgan fingerprint density at radius 3 is 2.54 bits per heavy atom. The van der Waals surface area contributed by atoms with Gasteiger partial charge in [0.05, 0.1) is 19.2 Å². The maximum absolute atomic E-state index is 12.5. The van der Waals surface area contributed by atoms with E-state index >= 15 is 0 Å². The molecule has 3 rings (SSSR count). The van der Waals surface area contributed by atoms with Crippen LogP contribution in [0.15, 0.2) is 53.3 Å². The summed E-state index contributed by atoms with van der Waals surface area (Å²) < 4.78 is 11.8. The summed E-state index contributed by atoms with van der Waals surface area (Å²) in [5, 5.41) is 1.47. The first kappa shape index (κ1) is 20.0. The fraction of sp³-hybridized carbons (Fsp3) is 0.273. The summed E-state index contributed by atoms with van der Waals surface area (Å²) in [6, 6.07) is 14.7. The Kier molecular flexibility index (Phi) is 6.37. The Hall–Kier alpha value is -2.79. The topological polar surface area (TPSA) is 57.5 Å². The first-order valence-corrected chi connectivity index (χ1v) is 9.54. The van der Waals surface area contributed by atoms with Crippen LogP contribution in [-0.2, 0) is 16.1 Å². The van der Waals surface area contributed by atoms with Crippen molar-refractivity contribution in [2.24, 2.45) is 0 Å². The van der Waals surface area contributed by atoms with Crippen molar-refractivity contribution in [3.63, 3.8) is 0 Å². The Morgan fingerprint density at radius 2 is 1.86 bits per heavy atom. The van der Waals surface area contributed by atoms with E-state index in [1.54, 1.807) is 30.7 Å². The Labute approximate surface area is 168 Å². The zero-order valence-electron chi connectivity index (χ0n) is 15.9. The minimum Gasteiger partial charge on any atom is -0.497 e. The van der Waals surface area contributed by atoms with E-state index in [2.05, 4.69) is 0 Å². The lowest BCUT2D eigenvalue weighted by atomic mass is 10.00. The number of methoxy groups -OCH3 is 1. The summed E-state index contributed by atoms with van der Waals surface area (Å²) in [5.41, 5.74) is 2.53. The van der Waals surface area contributed by atoms with Crippen molar-refractivity contribution in [1.82, 2.24) is 4.57 Å². The quantitative estimate of drug-likeness (QED) is 0.541. The molecular formula is C22H22ClNO4. The molecule has 0 aliphatic carbocycles. The molecule has 0 unspecified atom stereocenters. The molecule has 0 bridgehead atoms. The molecule has 0 radical (unpaired) electrons. The highest BCUT2D eigenvalue weighted by molar-refractivity contribution is 6.31. The second-order valence-corrected chi connectivity index (χ2v) is 6.78. The summed E-state index contributed by atoms with van der Waals surface area (Å²) in [6.45, 7) is 2.54. The van der Waals surface area contributed by atoms with E-state index in [1.807, 2.05) is 36.4 Å². The van der Waals surface area contributed by atoms with Crippen molar-refractivity contribution in [3.8, 4) is 16.9 Å². The number of ether oxygens (including phenoxy) is 2. The van der Waals surface area contributed by atoms with Crippen LogP contribution in [0.1, 0.15) is 19.8 Å². The lowest BCUT2D eigenvalue weighted by Gasteiger charge is -2.14. The van der Waals surface area contributed by atoms with Gasteiger partial charge in [0.1, 0.15) is 5.75 Å². The molecule has 0 atom stereocenters. The number of hydrogen-bond acceptors (Lipinski definition) is 4. The summed E-state index contributed by atoms with van der Waals surface area (Å²) in [6.07, 6.45) is 0.783. The molecule has 146 valence electrons. The summed E-state index contributed by atoms with van der Waals surface area (Å²) in [7, 11) is 1.62. The van der Waals surface area contributed by atoms with Crippen LogP contribution in [0.25, 0.3) is 22.0 Å². The average Bonchev–Trinajstić information content (AvgIpc) is 2.69. The third-order valence-corrected chi connectivity index (χ3v) is 4.76. The third-order valence-electron chi connectivity index (χ3n) is 4.54. The normalized spacial score (nSPS) is 10.8. The molecule has 1 heterocycles. The number of hydrogen-bond donors (Lipinski definition) is 0. The Balaban J connectivity index is 2.01. The van der Waals surface area contributed by atoms with Crippen LogP contribution < -0.4 is 10.3 Å². The van der Waals surface area contributed by atoms with E-state index in [9.17, 15) is 9.59 Å². The molecule has 0 fully saturated rings. The number of aryl methyl sites for hydroxylation is 1. The smallest absolute Gasteiger partial charge is 0.305 e. The van der Waals surface area contributed by atoms with Crippen LogP contribution in [0.5, 0.6) is 5.75 Å². The molecule has 0 aliphatic heterocycles. The predicted molar refractivity (Wildman–Crippen MR) is 111 cm³/mol. The van der Waals surface area contributed by atoms with Gasteiger partial charge in [-0.1, -0.05) is 23.7 Å². The molecule has 28 heavy (non-hydrogen) atoms. The van der Waals surface area contributed by atoms with Crippen LogP contribution in [0.2, 0.25) is 5.02 Å². The van der Waals surface area contributed by atoms with Gasteiger partial charge in [0, 0.05) is 29.4 Å². The number of benzene rings is 2. The fourth-order valence-electron chi connectivity index (χ4n) is 3.22. The number of rotatable bonds is 7. The fourth-order valence-corrected chi connectivity index (χ4v) is 3.43.